The monoisotopic (exact) mass is 599 g/mol. The van der Waals surface area contributed by atoms with Gasteiger partial charge in [0.05, 0.1) is 14.2 Å². The number of ether oxygens (including phenoxy) is 3. The molecule has 4 aromatic carbocycles. The van der Waals surface area contributed by atoms with Crippen molar-refractivity contribution in [3.63, 3.8) is 0 Å². The molecule has 0 aliphatic carbocycles. The Bertz CT molecular complexity index is 1450. The molecule has 2 amide bonds. The van der Waals surface area contributed by atoms with Gasteiger partial charge in [-0.3, -0.25) is 15.5 Å². The van der Waals surface area contributed by atoms with Crippen LogP contribution in [0.25, 0.3) is 0 Å². The number of amides is 2. The average molecular weight is 600 g/mol. The van der Waals surface area contributed by atoms with Gasteiger partial charge in [-0.05, 0) is 60.0 Å². The number of aliphatic hydroxyl groups is 2. The van der Waals surface area contributed by atoms with Crippen molar-refractivity contribution >= 4 is 23.6 Å². The minimum Gasteiger partial charge on any atom is -0.472 e. The summed E-state index contributed by atoms with van der Waals surface area (Å²) in [4.78, 5) is 25.9. The first kappa shape index (κ1) is 32.0. The van der Waals surface area contributed by atoms with E-state index < -0.39 is 30.1 Å². The van der Waals surface area contributed by atoms with E-state index >= 15 is 0 Å². The van der Waals surface area contributed by atoms with E-state index in [9.17, 15) is 19.8 Å². The number of anilines is 2. The quantitative estimate of drug-likeness (QED) is 0.156. The van der Waals surface area contributed by atoms with Crippen molar-refractivity contribution < 1.29 is 34.0 Å². The topological polar surface area (TPSA) is 130 Å². The van der Waals surface area contributed by atoms with E-state index in [0.29, 0.717) is 34.8 Å². The standard InChI is InChI=1S/C34H37N3O7/c1-24(38)31(44-30-18-8-5-9-19-30)37(22-25-12-6-4-7-13-25)23-34(41,26-14-10-16-28(20-26)35-32(39)42-2)27-15-11-17-29(21-27)36-33(40)43-3/h4-21,24,31,38,41H,22-23H2,1-3H3,(H,35,39)(H,36,40). The number of carbonyl (C=O) groups excluding carboxylic acids is 2. The number of nitrogens with one attached hydrogen (secondary N) is 2. The predicted molar refractivity (Wildman–Crippen MR) is 167 cm³/mol. The van der Waals surface area contributed by atoms with Crippen molar-refractivity contribution in [1.29, 1.82) is 0 Å². The fraction of sp³-hybridized carbons (Fsp3) is 0.235. The summed E-state index contributed by atoms with van der Waals surface area (Å²) in [5, 5.41) is 29.1. The molecule has 4 N–H and O–H groups in total. The lowest BCUT2D eigenvalue weighted by molar-refractivity contribution is -0.0913. The first-order valence-electron chi connectivity index (χ1n) is 14.0. The molecule has 4 aromatic rings. The number of aliphatic hydroxyl groups excluding tert-OH is 1. The Hall–Kier alpha value is -4.90. The van der Waals surface area contributed by atoms with Crippen molar-refractivity contribution in [3.05, 3.63) is 126 Å². The molecule has 0 spiro atoms. The Balaban J connectivity index is 1.84. The number of rotatable bonds is 12. The number of para-hydroxylation sites is 1. The molecule has 10 heteroatoms. The highest BCUT2D eigenvalue weighted by Crippen LogP contribution is 2.35. The number of benzene rings is 4. The summed E-state index contributed by atoms with van der Waals surface area (Å²) in [6.45, 7) is 1.88. The summed E-state index contributed by atoms with van der Waals surface area (Å²) in [6.07, 6.45) is -3.17. The summed E-state index contributed by atoms with van der Waals surface area (Å²) < 4.78 is 15.8. The van der Waals surface area contributed by atoms with Gasteiger partial charge in [0.1, 0.15) is 17.5 Å². The van der Waals surface area contributed by atoms with Gasteiger partial charge in [0.25, 0.3) is 0 Å². The third-order valence-corrected chi connectivity index (χ3v) is 6.98. The highest BCUT2D eigenvalue weighted by Gasteiger charge is 2.38. The summed E-state index contributed by atoms with van der Waals surface area (Å²) >= 11 is 0. The van der Waals surface area contributed by atoms with Crippen molar-refractivity contribution in [2.75, 3.05) is 31.4 Å². The molecule has 0 bridgehead atoms. The normalized spacial score (nSPS) is 12.6. The zero-order chi connectivity index (χ0) is 31.5. The van der Waals surface area contributed by atoms with E-state index in [0.717, 1.165) is 5.56 Å². The van der Waals surface area contributed by atoms with Crippen molar-refractivity contribution in [1.82, 2.24) is 4.90 Å². The van der Waals surface area contributed by atoms with Gasteiger partial charge >= 0.3 is 12.2 Å². The van der Waals surface area contributed by atoms with Crippen molar-refractivity contribution in [2.24, 2.45) is 0 Å². The molecular weight excluding hydrogens is 562 g/mol. The molecule has 2 atom stereocenters. The zero-order valence-electron chi connectivity index (χ0n) is 24.8. The molecule has 0 aliphatic heterocycles. The van der Waals surface area contributed by atoms with Crippen LogP contribution in [-0.2, 0) is 21.6 Å². The lowest BCUT2D eigenvalue weighted by atomic mass is 9.84. The third-order valence-electron chi connectivity index (χ3n) is 6.98. The van der Waals surface area contributed by atoms with E-state index in [1.807, 2.05) is 53.4 Å². The number of carbonyl (C=O) groups is 2. The number of hydrogen-bond donors (Lipinski definition) is 4. The van der Waals surface area contributed by atoms with Crippen LogP contribution in [0.5, 0.6) is 5.75 Å². The molecule has 44 heavy (non-hydrogen) atoms. The van der Waals surface area contributed by atoms with Crippen LogP contribution in [0.1, 0.15) is 23.6 Å². The Labute approximate surface area is 256 Å². The molecule has 0 aliphatic rings. The molecule has 0 saturated carbocycles. The molecule has 0 aromatic heterocycles. The van der Waals surface area contributed by atoms with Gasteiger partial charge in [-0.15, -0.1) is 0 Å². The third kappa shape index (κ3) is 8.35. The molecule has 0 fully saturated rings. The lowest BCUT2D eigenvalue weighted by Gasteiger charge is -2.40. The van der Waals surface area contributed by atoms with Gasteiger partial charge in [-0.1, -0.05) is 72.8 Å². The maximum atomic E-state index is 12.8. The Morgan fingerprint density at radius 3 is 1.75 bits per heavy atom. The van der Waals surface area contributed by atoms with E-state index in [4.69, 9.17) is 14.2 Å². The van der Waals surface area contributed by atoms with E-state index in [1.54, 1.807) is 67.6 Å². The maximum absolute atomic E-state index is 12.8. The second kappa shape index (κ2) is 15.0. The Morgan fingerprint density at radius 2 is 1.27 bits per heavy atom. The summed E-state index contributed by atoms with van der Waals surface area (Å²) in [5.74, 6) is 0.550. The summed E-state index contributed by atoms with van der Waals surface area (Å²) in [7, 11) is 2.53. The molecule has 2 unspecified atom stereocenters. The average Bonchev–Trinajstić information content (AvgIpc) is 3.04. The van der Waals surface area contributed by atoms with Gasteiger partial charge in [-0.25, -0.2) is 9.59 Å². The Kier molecular flexibility index (Phi) is 10.9. The van der Waals surface area contributed by atoms with Gasteiger partial charge in [0.2, 0.25) is 0 Å². The predicted octanol–water partition coefficient (Wildman–Crippen LogP) is 5.57. The fourth-order valence-corrected chi connectivity index (χ4v) is 4.86. The van der Waals surface area contributed by atoms with Gasteiger partial charge in [0.15, 0.2) is 6.23 Å². The zero-order valence-corrected chi connectivity index (χ0v) is 24.8. The molecule has 0 heterocycles. The van der Waals surface area contributed by atoms with E-state index in [2.05, 4.69) is 10.6 Å². The highest BCUT2D eigenvalue weighted by molar-refractivity contribution is 5.85. The second-order valence-corrected chi connectivity index (χ2v) is 10.2. The van der Waals surface area contributed by atoms with Gasteiger partial charge < -0.3 is 24.4 Å². The van der Waals surface area contributed by atoms with Crippen LogP contribution in [0.3, 0.4) is 0 Å². The number of nitrogens with zero attached hydrogens (tertiary/aromatic N) is 1. The van der Waals surface area contributed by atoms with Crippen LogP contribution < -0.4 is 15.4 Å². The van der Waals surface area contributed by atoms with E-state index in [-0.39, 0.29) is 6.54 Å². The van der Waals surface area contributed by atoms with Crippen LogP contribution in [0, 0.1) is 0 Å². The molecule has 0 radical (unpaired) electrons. The lowest BCUT2D eigenvalue weighted by Crippen LogP contribution is -2.52. The molecule has 0 saturated heterocycles. The number of methoxy groups -OCH3 is 2. The largest absolute Gasteiger partial charge is 0.472 e. The minimum absolute atomic E-state index is 0.0619. The maximum Gasteiger partial charge on any atom is 0.411 e. The summed E-state index contributed by atoms with van der Waals surface area (Å²) in [5.41, 5.74) is 0.855. The van der Waals surface area contributed by atoms with E-state index in [1.165, 1.54) is 14.2 Å². The smallest absolute Gasteiger partial charge is 0.411 e. The molecular formula is C34H37N3O7. The van der Waals surface area contributed by atoms with Crippen LogP contribution in [0.15, 0.2) is 109 Å². The molecule has 230 valence electrons. The SMILES string of the molecule is COC(=O)Nc1cccc(C(O)(CN(Cc2ccccc2)C(Oc2ccccc2)C(C)O)c2cccc(NC(=O)OC)c2)c1. The van der Waals surface area contributed by atoms with Crippen molar-refractivity contribution in [2.45, 2.75) is 31.4 Å². The first-order valence-corrected chi connectivity index (χ1v) is 14.0. The summed E-state index contributed by atoms with van der Waals surface area (Å²) in [6, 6.07) is 32.3. The fourth-order valence-electron chi connectivity index (χ4n) is 4.86. The van der Waals surface area contributed by atoms with Crippen LogP contribution in [-0.4, -0.2) is 60.4 Å². The van der Waals surface area contributed by atoms with Crippen molar-refractivity contribution in [3.8, 4) is 5.75 Å². The van der Waals surface area contributed by atoms with Gasteiger partial charge in [-0.2, -0.15) is 0 Å². The molecule has 4 rings (SSSR count). The highest BCUT2D eigenvalue weighted by atomic mass is 16.5. The Morgan fingerprint density at radius 1 is 0.773 bits per heavy atom. The van der Waals surface area contributed by atoms with Crippen LogP contribution in [0.4, 0.5) is 21.0 Å². The van der Waals surface area contributed by atoms with Crippen LogP contribution >= 0.6 is 0 Å². The first-order chi connectivity index (χ1) is 21.2. The second-order valence-electron chi connectivity index (χ2n) is 10.2. The number of hydrogen-bond acceptors (Lipinski definition) is 8. The molecule has 10 nitrogen and oxygen atoms in total. The van der Waals surface area contributed by atoms with Crippen LogP contribution in [0.2, 0.25) is 0 Å². The van der Waals surface area contributed by atoms with Gasteiger partial charge in [0, 0.05) is 24.5 Å². The minimum atomic E-state index is -1.75.